The average molecular weight is 318 g/mol. The molecule has 1 saturated carbocycles. The van der Waals surface area contributed by atoms with Crippen molar-refractivity contribution in [3.05, 3.63) is 52.1 Å². The first kappa shape index (κ1) is 15.5. The molecule has 1 aromatic heterocycles. The lowest BCUT2D eigenvalue weighted by atomic mass is 9.89. The Hall–Kier alpha value is -1.41. The maximum Gasteiger partial charge on any atom is 0.133 e. The second-order valence-electron chi connectivity index (χ2n) is 6.11. The van der Waals surface area contributed by atoms with Gasteiger partial charge in [-0.3, -0.25) is 0 Å². The molecule has 3 rings (SSSR count). The van der Waals surface area contributed by atoms with Gasteiger partial charge in [-0.25, -0.2) is 9.37 Å². The van der Waals surface area contributed by atoms with Gasteiger partial charge in [0.1, 0.15) is 11.0 Å². The number of benzene rings is 1. The van der Waals surface area contributed by atoms with Crippen LogP contribution < -0.4 is 0 Å². The Bertz CT molecular complexity index is 673. The van der Waals surface area contributed by atoms with Gasteiger partial charge < -0.3 is 0 Å². The Morgan fingerprint density at radius 2 is 1.82 bits per heavy atom. The standard InChI is InChI=1S/C19H21ClFN/c1-3-16-17(13-8-10-15(21)11-9-13)12(2)18(22-19(16)20)14-6-4-5-7-14/h8-11,14H,3-7H2,1-2H3. The van der Waals surface area contributed by atoms with Gasteiger partial charge in [0.2, 0.25) is 0 Å². The first-order valence-corrected chi connectivity index (χ1v) is 8.44. The third-order valence-corrected chi connectivity index (χ3v) is 5.07. The Balaban J connectivity index is 2.19. The lowest BCUT2D eigenvalue weighted by Gasteiger charge is -2.20. The Kier molecular flexibility index (Phi) is 4.49. The van der Waals surface area contributed by atoms with Crippen LogP contribution in [0.1, 0.15) is 55.3 Å². The van der Waals surface area contributed by atoms with Crippen molar-refractivity contribution < 1.29 is 4.39 Å². The van der Waals surface area contributed by atoms with E-state index in [1.165, 1.54) is 43.4 Å². The molecule has 1 fully saturated rings. The van der Waals surface area contributed by atoms with E-state index < -0.39 is 0 Å². The largest absolute Gasteiger partial charge is 0.240 e. The Morgan fingerprint density at radius 3 is 2.41 bits per heavy atom. The molecule has 22 heavy (non-hydrogen) atoms. The van der Waals surface area contributed by atoms with Crippen molar-refractivity contribution in [2.45, 2.75) is 51.9 Å². The van der Waals surface area contributed by atoms with E-state index >= 15 is 0 Å². The van der Waals surface area contributed by atoms with Crippen LogP contribution in [-0.4, -0.2) is 4.98 Å². The summed E-state index contributed by atoms with van der Waals surface area (Å²) >= 11 is 6.48. The van der Waals surface area contributed by atoms with E-state index in [9.17, 15) is 4.39 Å². The van der Waals surface area contributed by atoms with Gasteiger partial charge in [-0.05, 0) is 60.6 Å². The summed E-state index contributed by atoms with van der Waals surface area (Å²) in [4.78, 5) is 4.72. The maximum atomic E-state index is 13.3. The van der Waals surface area contributed by atoms with E-state index in [0.717, 1.165) is 28.8 Å². The molecular weight excluding hydrogens is 297 g/mol. The van der Waals surface area contributed by atoms with Crippen molar-refractivity contribution in [1.82, 2.24) is 4.98 Å². The minimum absolute atomic E-state index is 0.212. The van der Waals surface area contributed by atoms with Crippen molar-refractivity contribution in [1.29, 1.82) is 0 Å². The molecule has 3 heteroatoms. The molecule has 0 N–H and O–H groups in total. The van der Waals surface area contributed by atoms with Gasteiger partial charge in [0.25, 0.3) is 0 Å². The molecular formula is C19H21ClFN. The number of pyridine rings is 1. The molecule has 116 valence electrons. The average Bonchev–Trinajstić information content (AvgIpc) is 3.04. The fourth-order valence-corrected chi connectivity index (χ4v) is 3.96. The first-order valence-electron chi connectivity index (χ1n) is 8.06. The highest BCUT2D eigenvalue weighted by atomic mass is 35.5. The van der Waals surface area contributed by atoms with Crippen LogP contribution in [0.25, 0.3) is 11.1 Å². The molecule has 1 aliphatic rings. The van der Waals surface area contributed by atoms with Crippen molar-refractivity contribution in [2.75, 3.05) is 0 Å². The van der Waals surface area contributed by atoms with E-state index in [-0.39, 0.29) is 5.82 Å². The van der Waals surface area contributed by atoms with E-state index in [2.05, 4.69) is 13.8 Å². The number of nitrogens with zero attached hydrogens (tertiary/aromatic N) is 1. The molecule has 0 bridgehead atoms. The topological polar surface area (TPSA) is 12.9 Å². The van der Waals surface area contributed by atoms with Crippen LogP contribution in [0.15, 0.2) is 24.3 Å². The quantitative estimate of drug-likeness (QED) is 0.626. The third kappa shape index (κ3) is 2.77. The summed E-state index contributed by atoms with van der Waals surface area (Å²) in [5, 5.41) is 0.606. The van der Waals surface area contributed by atoms with Crippen LogP contribution in [0, 0.1) is 12.7 Å². The van der Waals surface area contributed by atoms with Gasteiger partial charge in [0.15, 0.2) is 0 Å². The van der Waals surface area contributed by atoms with Crippen LogP contribution >= 0.6 is 11.6 Å². The van der Waals surface area contributed by atoms with Crippen LogP contribution in [-0.2, 0) is 6.42 Å². The Labute approximate surface area is 136 Å². The second kappa shape index (κ2) is 6.37. The number of hydrogen-bond acceptors (Lipinski definition) is 1. The zero-order chi connectivity index (χ0) is 15.7. The van der Waals surface area contributed by atoms with Gasteiger partial charge >= 0.3 is 0 Å². The molecule has 1 heterocycles. The van der Waals surface area contributed by atoms with Crippen LogP contribution in [0.2, 0.25) is 5.15 Å². The summed E-state index contributed by atoms with van der Waals surface area (Å²) in [6.07, 6.45) is 5.75. The fraction of sp³-hybridized carbons (Fsp3) is 0.421. The molecule has 0 saturated heterocycles. The van der Waals surface area contributed by atoms with E-state index in [1.807, 2.05) is 12.1 Å². The molecule has 0 aliphatic heterocycles. The molecule has 0 atom stereocenters. The number of aromatic nitrogens is 1. The summed E-state index contributed by atoms with van der Waals surface area (Å²) in [6.45, 7) is 4.22. The first-order chi connectivity index (χ1) is 10.6. The van der Waals surface area contributed by atoms with Crippen LogP contribution in [0.4, 0.5) is 4.39 Å². The lowest BCUT2D eigenvalue weighted by molar-refractivity contribution is 0.628. The molecule has 2 aromatic rings. The molecule has 0 spiro atoms. The molecule has 1 aliphatic carbocycles. The lowest BCUT2D eigenvalue weighted by Crippen LogP contribution is -2.06. The van der Waals surface area contributed by atoms with Crippen molar-refractivity contribution in [3.8, 4) is 11.1 Å². The van der Waals surface area contributed by atoms with Crippen molar-refractivity contribution in [3.63, 3.8) is 0 Å². The SMILES string of the molecule is CCc1c(Cl)nc(C2CCCC2)c(C)c1-c1ccc(F)cc1. The smallest absolute Gasteiger partial charge is 0.133 e. The number of hydrogen-bond donors (Lipinski definition) is 0. The summed E-state index contributed by atoms with van der Waals surface area (Å²) in [5.41, 5.74) is 5.58. The third-order valence-electron chi connectivity index (χ3n) is 4.76. The predicted octanol–water partition coefficient (Wildman–Crippen LogP) is 6.07. The van der Waals surface area contributed by atoms with Gasteiger partial charge in [-0.15, -0.1) is 0 Å². The maximum absolute atomic E-state index is 13.3. The molecule has 1 nitrogen and oxygen atoms in total. The zero-order valence-electron chi connectivity index (χ0n) is 13.1. The number of halogens is 2. The summed E-state index contributed by atoms with van der Waals surface area (Å²) < 4.78 is 13.3. The minimum atomic E-state index is -0.212. The normalized spacial score (nSPS) is 15.5. The highest BCUT2D eigenvalue weighted by Crippen LogP contribution is 2.40. The molecule has 0 unspecified atom stereocenters. The van der Waals surface area contributed by atoms with Crippen molar-refractivity contribution in [2.24, 2.45) is 0 Å². The van der Waals surface area contributed by atoms with Crippen molar-refractivity contribution >= 4 is 11.6 Å². The molecule has 1 aromatic carbocycles. The molecule has 0 radical (unpaired) electrons. The number of rotatable bonds is 3. The van der Waals surface area contributed by atoms with E-state index in [1.54, 1.807) is 0 Å². The Morgan fingerprint density at radius 1 is 1.18 bits per heavy atom. The summed E-state index contributed by atoms with van der Waals surface area (Å²) in [7, 11) is 0. The highest BCUT2D eigenvalue weighted by Gasteiger charge is 2.24. The van der Waals surface area contributed by atoms with E-state index in [4.69, 9.17) is 16.6 Å². The van der Waals surface area contributed by atoms with Gasteiger partial charge in [-0.2, -0.15) is 0 Å². The monoisotopic (exact) mass is 317 g/mol. The van der Waals surface area contributed by atoms with Gasteiger partial charge in [0, 0.05) is 11.6 Å². The summed E-state index contributed by atoms with van der Waals surface area (Å²) in [6, 6.07) is 6.70. The fourth-order valence-electron chi connectivity index (χ4n) is 3.64. The van der Waals surface area contributed by atoms with Crippen LogP contribution in [0.3, 0.4) is 0 Å². The van der Waals surface area contributed by atoms with E-state index in [0.29, 0.717) is 11.1 Å². The second-order valence-corrected chi connectivity index (χ2v) is 6.47. The zero-order valence-corrected chi connectivity index (χ0v) is 13.9. The molecule has 0 amide bonds. The van der Waals surface area contributed by atoms with Crippen LogP contribution in [0.5, 0.6) is 0 Å². The highest BCUT2D eigenvalue weighted by molar-refractivity contribution is 6.30. The predicted molar refractivity (Wildman–Crippen MR) is 90.0 cm³/mol. The summed E-state index contributed by atoms with van der Waals surface area (Å²) in [5.74, 6) is 0.304. The minimum Gasteiger partial charge on any atom is -0.240 e. The van der Waals surface area contributed by atoms with Gasteiger partial charge in [0.05, 0.1) is 0 Å². The van der Waals surface area contributed by atoms with Gasteiger partial charge in [-0.1, -0.05) is 43.5 Å².